The predicted molar refractivity (Wildman–Crippen MR) is 100 cm³/mol. The second-order valence-electron chi connectivity index (χ2n) is 5.84. The van der Waals surface area contributed by atoms with E-state index >= 15 is 0 Å². The van der Waals surface area contributed by atoms with Gasteiger partial charge in [-0.25, -0.2) is 9.78 Å². The number of fused-ring (bicyclic) bond motifs is 1. The molecule has 0 saturated carbocycles. The van der Waals surface area contributed by atoms with Crippen molar-refractivity contribution in [3.05, 3.63) is 56.2 Å². The largest absolute Gasteiger partial charge is 0.493 e. The zero-order valence-corrected chi connectivity index (χ0v) is 15.1. The van der Waals surface area contributed by atoms with Crippen molar-refractivity contribution in [1.82, 2.24) is 24.6 Å². The lowest BCUT2D eigenvalue weighted by molar-refractivity contribution is 0.305. The number of imidazole rings is 1. The van der Waals surface area contributed by atoms with E-state index < -0.39 is 5.69 Å². The number of aromatic hydroxyl groups is 1. The van der Waals surface area contributed by atoms with Gasteiger partial charge in [0.2, 0.25) is 5.88 Å². The summed E-state index contributed by atoms with van der Waals surface area (Å²) in [7, 11) is 0. The Balaban J connectivity index is 2.00. The first-order valence-corrected chi connectivity index (χ1v) is 8.97. The van der Waals surface area contributed by atoms with Gasteiger partial charge in [-0.1, -0.05) is 0 Å². The summed E-state index contributed by atoms with van der Waals surface area (Å²) >= 11 is 1.61. The number of hydrogen-bond acceptors (Lipinski definition) is 7. The monoisotopic (exact) mass is 384 g/mol. The van der Waals surface area contributed by atoms with Crippen LogP contribution in [0.5, 0.6) is 5.88 Å². The minimum atomic E-state index is -0.503. The summed E-state index contributed by atoms with van der Waals surface area (Å²) in [4.78, 5) is 27.3. The molecule has 10 heteroatoms. The lowest BCUT2D eigenvalue weighted by Gasteiger charge is -2.00. The molecule has 4 N–H and O–H groups in total. The molecule has 0 aromatic carbocycles. The van der Waals surface area contributed by atoms with Crippen LogP contribution in [0.2, 0.25) is 0 Å². The molecule has 4 aromatic heterocycles. The fourth-order valence-electron chi connectivity index (χ4n) is 2.69. The van der Waals surface area contributed by atoms with E-state index in [4.69, 9.17) is 10.1 Å². The van der Waals surface area contributed by atoms with Crippen molar-refractivity contribution >= 4 is 23.1 Å². The maximum absolute atomic E-state index is 11.4. The molecule has 0 aliphatic rings. The van der Waals surface area contributed by atoms with Gasteiger partial charge >= 0.3 is 5.69 Å². The van der Waals surface area contributed by atoms with Crippen LogP contribution in [0.4, 0.5) is 0 Å². The van der Waals surface area contributed by atoms with Crippen LogP contribution in [0.15, 0.2) is 34.2 Å². The van der Waals surface area contributed by atoms with Crippen LogP contribution >= 0.6 is 11.3 Å². The van der Waals surface area contributed by atoms with Crippen LogP contribution in [0.1, 0.15) is 10.6 Å². The SMILES string of the molecule is Cc1ccc(-c2cc(=NCCO)n3nc/c(=C/c4[nH]c(=O)[nH]c4O)c3n2)s1. The van der Waals surface area contributed by atoms with Crippen LogP contribution in [0.25, 0.3) is 22.3 Å². The molecule has 9 nitrogen and oxygen atoms in total. The van der Waals surface area contributed by atoms with Gasteiger partial charge in [0.15, 0.2) is 11.1 Å². The summed E-state index contributed by atoms with van der Waals surface area (Å²) in [5.74, 6) is -0.255. The van der Waals surface area contributed by atoms with E-state index in [-0.39, 0.29) is 24.7 Å². The number of nitrogens with one attached hydrogen (secondary N) is 2. The maximum Gasteiger partial charge on any atom is 0.326 e. The van der Waals surface area contributed by atoms with Gasteiger partial charge in [0.25, 0.3) is 0 Å². The molecule has 0 atom stereocenters. The van der Waals surface area contributed by atoms with E-state index in [0.29, 0.717) is 16.4 Å². The number of aryl methyl sites for hydroxylation is 1. The van der Waals surface area contributed by atoms with E-state index in [9.17, 15) is 9.90 Å². The number of hydrogen-bond donors (Lipinski definition) is 4. The highest BCUT2D eigenvalue weighted by Crippen LogP contribution is 2.25. The van der Waals surface area contributed by atoms with E-state index in [1.54, 1.807) is 28.1 Å². The Bertz CT molecular complexity index is 1300. The number of aromatic nitrogens is 5. The number of aliphatic hydroxyl groups excluding tert-OH is 1. The highest BCUT2D eigenvalue weighted by Gasteiger charge is 2.10. The lowest BCUT2D eigenvalue weighted by Crippen LogP contribution is -2.19. The van der Waals surface area contributed by atoms with Gasteiger partial charge in [-0.15, -0.1) is 11.3 Å². The van der Waals surface area contributed by atoms with Crippen molar-refractivity contribution in [2.45, 2.75) is 6.92 Å². The van der Waals surface area contributed by atoms with Gasteiger partial charge < -0.3 is 15.2 Å². The third kappa shape index (κ3) is 3.27. The first-order valence-electron chi connectivity index (χ1n) is 8.15. The molecule has 4 rings (SSSR count). The smallest absolute Gasteiger partial charge is 0.326 e. The quantitative estimate of drug-likeness (QED) is 0.391. The second kappa shape index (κ2) is 6.82. The van der Waals surface area contributed by atoms with Crippen LogP contribution < -0.4 is 16.4 Å². The topological polar surface area (TPSA) is 132 Å². The lowest BCUT2D eigenvalue weighted by atomic mass is 10.3. The normalized spacial score (nSPS) is 13.1. The molecule has 4 aromatic rings. The highest BCUT2D eigenvalue weighted by atomic mass is 32.1. The summed E-state index contributed by atoms with van der Waals surface area (Å²) in [6.07, 6.45) is 3.16. The summed E-state index contributed by atoms with van der Waals surface area (Å²) in [6, 6.07) is 5.83. The van der Waals surface area contributed by atoms with Crippen molar-refractivity contribution < 1.29 is 10.2 Å². The third-order valence-electron chi connectivity index (χ3n) is 3.88. The number of aliphatic hydroxyl groups is 1. The summed E-state index contributed by atoms with van der Waals surface area (Å²) < 4.78 is 1.56. The fraction of sp³-hybridized carbons (Fsp3) is 0.176. The minimum Gasteiger partial charge on any atom is -0.493 e. The second-order valence-corrected chi connectivity index (χ2v) is 7.12. The van der Waals surface area contributed by atoms with Crippen molar-refractivity contribution in [1.29, 1.82) is 0 Å². The first kappa shape index (κ1) is 17.2. The Morgan fingerprint density at radius 1 is 1.37 bits per heavy atom. The third-order valence-corrected chi connectivity index (χ3v) is 4.91. The molecule has 0 bridgehead atoms. The summed E-state index contributed by atoms with van der Waals surface area (Å²) in [6.45, 7) is 2.19. The van der Waals surface area contributed by atoms with Crippen LogP contribution in [0, 0.1) is 6.92 Å². The number of nitrogens with zero attached hydrogens (tertiary/aromatic N) is 4. The number of aromatic amines is 2. The zero-order valence-electron chi connectivity index (χ0n) is 14.3. The van der Waals surface area contributed by atoms with Crippen molar-refractivity contribution in [2.75, 3.05) is 13.2 Å². The molecular weight excluding hydrogens is 368 g/mol. The molecule has 4 heterocycles. The molecule has 0 aliphatic heterocycles. The Kier molecular flexibility index (Phi) is 4.34. The van der Waals surface area contributed by atoms with Crippen molar-refractivity contribution in [2.24, 2.45) is 4.99 Å². The van der Waals surface area contributed by atoms with E-state index in [2.05, 4.69) is 20.1 Å². The first-order chi connectivity index (χ1) is 13.0. The molecule has 0 spiro atoms. The molecule has 0 radical (unpaired) electrons. The van der Waals surface area contributed by atoms with Gasteiger partial charge in [0.05, 0.1) is 29.9 Å². The average Bonchev–Trinajstić information content (AvgIpc) is 3.33. The Labute approximate surface area is 156 Å². The fourth-order valence-corrected chi connectivity index (χ4v) is 3.52. The van der Waals surface area contributed by atoms with Crippen molar-refractivity contribution in [3.63, 3.8) is 0 Å². The van der Waals surface area contributed by atoms with Crippen LogP contribution in [-0.2, 0) is 0 Å². The molecule has 0 saturated heterocycles. The molecule has 138 valence electrons. The standard InChI is InChI=1S/C17H16N6O3S/c1-9-2-3-13(27-9)11-7-14(18-4-5-24)23-15(20-11)10(8-19-23)6-12-16(25)22-17(26)21-12/h2-3,6-8,24-25H,4-5H2,1H3,(H2,21,22,26)/b10-6-,18-14?. The summed E-state index contributed by atoms with van der Waals surface area (Å²) in [5.41, 5.74) is 1.55. The summed E-state index contributed by atoms with van der Waals surface area (Å²) in [5, 5.41) is 23.8. The Morgan fingerprint density at radius 2 is 2.22 bits per heavy atom. The van der Waals surface area contributed by atoms with Gasteiger partial charge in [-0.3, -0.25) is 9.98 Å². The van der Waals surface area contributed by atoms with E-state index in [1.165, 1.54) is 0 Å². The van der Waals surface area contributed by atoms with E-state index in [0.717, 1.165) is 15.4 Å². The van der Waals surface area contributed by atoms with Gasteiger partial charge in [0.1, 0.15) is 5.69 Å². The maximum atomic E-state index is 11.4. The highest BCUT2D eigenvalue weighted by molar-refractivity contribution is 7.15. The van der Waals surface area contributed by atoms with Crippen LogP contribution in [0.3, 0.4) is 0 Å². The molecule has 0 fully saturated rings. The molecule has 0 unspecified atom stereocenters. The van der Waals surface area contributed by atoms with Gasteiger partial charge in [-0.05, 0) is 25.1 Å². The van der Waals surface area contributed by atoms with Gasteiger partial charge in [0, 0.05) is 16.2 Å². The minimum absolute atomic E-state index is 0.0734. The number of rotatable bonds is 4. The Hall–Kier alpha value is -3.24. The predicted octanol–water partition coefficient (Wildman–Crippen LogP) is -0.0711. The van der Waals surface area contributed by atoms with Crippen LogP contribution in [-0.4, -0.2) is 47.9 Å². The zero-order chi connectivity index (χ0) is 19.0. The molecule has 27 heavy (non-hydrogen) atoms. The van der Waals surface area contributed by atoms with E-state index in [1.807, 2.05) is 25.1 Å². The Morgan fingerprint density at radius 3 is 2.89 bits per heavy atom. The van der Waals surface area contributed by atoms with Gasteiger partial charge in [-0.2, -0.15) is 9.61 Å². The number of thiophene rings is 1. The number of H-pyrrole nitrogens is 2. The molecule has 0 amide bonds. The average molecular weight is 384 g/mol. The molecule has 0 aliphatic carbocycles. The molecular formula is C17H16N6O3S. The van der Waals surface area contributed by atoms with Crippen molar-refractivity contribution in [3.8, 4) is 16.5 Å².